The average molecular weight is 263 g/mol. The molecule has 0 unspecified atom stereocenters. The fourth-order valence-corrected chi connectivity index (χ4v) is 1.94. The highest BCUT2D eigenvalue weighted by atomic mass is 35.5. The number of rotatable bonds is 3. The van der Waals surface area contributed by atoms with E-state index in [4.69, 9.17) is 26.3 Å². The van der Waals surface area contributed by atoms with Crippen LogP contribution in [0.1, 0.15) is 5.56 Å². The van der Waals surface area contributed by atoms with E-state index in [-0.39, 0.29) is 6.42 Å². The standard InChI is InChI=1S/C13H11ClN2O2/c1-17-9-6-11-10(12(7-9)18-2)5-8(3-4-15)13(14)16-11/h5-7H,3H2,1-2H3. The molecule has 92 valence electrons. The molecule has 0 saturated carbocycles. The molecule has 5 heteroatoms. The van der Waals surface area contributed by atoms with Crippen molar-refractivity contribution in [3.63, 3.8) is 0 Å². The average Bonchev–Trinajstić information content (AvgIpc) is 2.38. The number of halogens is 1. The number of nitrogens with zero attached hydrogens (tertiary/aromatic N) is 2. The summed E-state index contributed by atoms with van der Waals surface area (Å²) in [6.07, 6.45) is 0.219. The lowest BCUT2D eigenvalue weighted by Crippen LogP contribution is -1.94. The topological polar surface area (TPSA) is 55.1 Å². The largest absolute Gasteiger partial charge is 0.497 e. The smallest absolute Gasteiger partial charge is 0.134 e. The van der Waals surface area contributed by atoms with Crippen molar-refractivity contribution < 1.29 is 9.47 Å². The van der Waals surface area contributed by atoms with E-state index in [1.807, 2.05) is 6.07 Å². The zero-order chi connectivity index (χ0) is 13.1. The summed E-state index contributed by atoms with van der Waals surface area (Å²) in [6, 6.07) is 7.43. The molecular formula is C13H11ClN2O2. The van der Waals surface area contributed by atoms with Gasteiger partial charge in [-0.05, 0) is 6.07 Å². The Morgan fingerprint density at radius 1 is 1.28 bits per heavy atom. The molecule has 0 aliphatic carbocycles. The van der Waals surface area contributed by atoms with E-state index in [0.29, 0.717) is 27.7 Å². The van der Waals surface area contributed by atoms with Gasteiger partial charge in [-0.1, -0.05) is 11.6 Å². The van der Waals surface area contributed by atoms with E-state index in [2.05, 4.69) is 11.1 Å². The third kappa shape index (κ3) is 2.18. The second kappa shape index (κ2) is 5.11. The highest BCUT2D eigenvalue weighted by molar-refractivity contribution is 6.30. The molecule has 0 aliphatic heterocycles. The Labute approximate surface area is 110 Å². The molecule has 0 spiro atoms. The fraction of sp³-hybridized carbons (Fsp3) is 0.231. The van der Waals surface area contributed by atoms with Crippen LogP contribution in [0.4, 0.5) is 0 Å². The number of aromatic nitrogens is 1. The number of ether oxygens (including phenoxy) is 2. The molecule has 2 aromatic rings. The Kier molecular flexibility index (Phi) is 3.54. The van der Waals surface area contributed by atoms with Gasteiger partial charge in [-0.25, -0.2) is 4.98 Å². The molecule has 0 radical (unpaired) electrons. The van der Waals surface area contributed by atoms with Gasteiger partial charge in [-0.3, -0.25) is 0 Å². The summed E-state index contributed by atoms with van der Waals surface area (Å²) in [6.45, 7) is 0. The third-order valence-electron chi connectivity index (χ3n) is 2.62. The van der Waals surface area contributed by atoms with E-state index >= 15 is 0 Å². The number of fused-ring (bicyclic) bond motifs is 1. The van der Waals surface area contributed by atoms with E-state index in [1.165, 1.54) is 0 Å². The molecule has 1 aromatic heterocycles. The monoisotopic (exact) mass is 262 g/mol. The first-order chi connectivity index (χ1) is 8.69. The van der Waals surface area contributed by atoms with Crippen LogP contribution in [0.2, 0.25) is 5.15 Å². The fourth-order valence-electron chi connectivity index (χ4n) is 1.73. The van der Waals surface area contributed by atoms with Crippen LogP contribution in [0.3, 0.4) is 0 Å². The summed E-state index contributed by atoms with van der Waals surface area (Å²) in [5.41, 5.74) is 1.37. The second-order valence-electron chi connectivity index (χ2n) is 3.67. The lowest BCUT2D eigenvalue weighted by atomic mass is 10.1. The molecule has 0 N–H and O–H groups in total. The molecule has 0 atom stereocenters. The van der Waals surface area contributed by atoms with Gasteiger partial charge in [-0.15, -0.1) is 0 Å². The molecule has 0 fully saturated rings. The zero-order valence-electron chi connectivity index (χ0n) is 10.0. The van der Waals surface area contributed by atoms with Gasteiger partial charge in [0.15, 0.2) is 0 Å². The van der Waals surface area contributed by atoms with Gasteiger partial charge in [0, 0.05) is 23.1 Å². The zero-order valence-corrected chi connectivity index (χ0v) is 10.8. The van der Waals surface area contributed by atoms with Crippen LogP contribution >= 0.6 is 11.6 Å². The van der Waals surface area contributed by atoms with Gasteiger partial charge in [0.25, 0.3) is 0 Å². The molecule has 0 amide bonds. The number of benzene rings is 1. The highest BCUT2D eigenvalue weighted by Gasteiger charge is 2.10. The first-order valence-electron chi connectivity index (χ1n) is 5.27. The SMILES string of the molecule is COc1cc(OC)c2cc(CC#N)c(Cl)nc2c1. The summed E-state index contributed by atoms with van der Waals surface area (Å²) < 4.78 is 10.5. The summed E-state index contributed by atoms with van der Waals surface area (Å²) in [5.74, 6) is 1.30. The van der Waals surface area contributed by atoms with Crippen molar-refractivity contribution >= 4 is 22.5 Å². The molecule has 0 bridgehead atoms. The lowest BCUT2D eigenvalue weighted by Gasteiger charge is -2.10. The maximum atomic E-state index is 8.74. The molecule has 0 aliphatic rings. The third-order valence-corrected chi connectivity index (χ3v) is 2.95. The van der Waals surface area contributed by atoms with Crippen LogP contribution in [0.5, 0.6) is 11.5 Å². The van der Waals surface area contributed by atoms with Crippen molar-refractivity contribution in [3.05, 3.63) is 28.9 Å². The van der Waals surface area contributed by atoms with Crippen molar-refractivity contribution in [1.82, 2.24) is 4.98 Å². The summed E-state index contributed by atoms with van der Waals surface area (Å²) in [5, 5.41) is 9.88. The minimum atomic E-state index is 0.219. The minimum Gasteiger partial charge on any atom is -0.497 e. The second-order valence-corrected chi connectivity index (χ2v) is 4.03. The first-order valence-corrected chi connectivity index (χ1v) is 5.65. The number of hydrogen-bond donors (Lipinski definition) is 0. The van der Waals surface area contributed by atoms with Gasteiger partial charge in [0.05, 0.1) is 32.2 Å². The van der Waals surface area contributed by atoms with Gasteiger partial charge >= 0.3 is 0 Å². The van der Waals surface area contributed by atoms with E-state index in [9.17, 15) is 0 Å². The maximum absolute atomic E-state index is 8.74. The number of pyridine rings is 1. The summed E-state index contributed by atoms with van der Waals surface area (Å²) in [4.78, 5) is 4.27. The highest BCUT2D eigenvalue weighted by Crippen LogP contribution is 2.32. The number of nitriles is 1. The Bertz CT molecular complexity index is 635. The van der Waals surface area contributed by atoms with Crippen LogP contribution < -0.4 is 9.47 Å². The molecule has 1 heterocycles. The maximum Gasteiger partial charge on any atom is 0.134 e. The van der Waals surface area contributed by atoms with Crippen LogP contribution in [0.15, 0.2) is 18.2 Å². The Balaban J connectivity index is 2.72. The molecular weight excluding hydrogens is 252 g/mol. The Morgan fingerprint density at radius 2 is 2.06 bits per heavy atom. The van der Waals surface area contributed by atoms with Crippen molar-refractivity contribution in [2.45, 2.75) is 6.42 Å². The van der Waals surface area contributed by atoms with Gasteiger partial charge in [0.1, 0.15) is 16.7 Å². The molecule has 18 heavy (non-hydrogen) atoms. The van der Waals surface area contributed by atoms with Gasteiger partial charge in [0.2, 0.25) is 0 Å². The van der Waals surface area contributed by atoms with Crippen molar-refractivity contribution in [3.8, 4) is 17.6 Å². The molecule has 4 nitrogen and oxygen atoms in total. The lowest BCUT2D eigenvalue weighted by molar-refractivity contribution is 0.398. The predicted molar refractivity (Wildman–Crippen MR) is 69.2 cm³/mol. The molecule has 2 rings (SSSR count). The summed E-state index contributed by atoms with van der Waals surface area (Å²) in [7, 11) is 3.15. The van der Waals surface area contributed by atoms with Crippen LogP contribution in [0, 0.1) is 11.3 Å². The van der Waals surface area contributed by atoms with E-state index in [1.54, 1.807) is 26.4 Å². The van der Waals surface area contributed by atoms with Crippen molar-refractivity contribution in [2.75, 3.05) is 14.2 Å². The van der Waals surface area contributed by atoms with Crippen molar-refractivity contribution in [2.24, 2.45) is 0 Å². The van der Waals surface area contributed by atoms with Crippen molar-refractivity contribution in [1.29, 1.82) is 5.26 Å². The Hall–Kier alpha value is -1.99. The van der Waals surface area contributed by atoms with Crippen LogP contribution in [0.25, 0.3) is 10.9 Å². The molecule has 1 aromatic carbocycles. The molecule has 0 saturated heterocycles. The Morgan fingerprint density at radius 3 is 2.67 bits per heavy atom. The van der Waals surface area contributed by atoms with Gasteiger partial charge in [-0.2, -0.15) is 5.26 Å². The number of methoxy groups -OCH3 is 2. The summed E-state index contributed by atoms with van der Waals surface area (Å²) >= 11 is 6.03. The first kappa shape index (κ1) is 12.5. The van der Waals surface area contributed by atoms with E-state index < -0.39 is 0 Å². The van der Waals surface area contributed by atoms with E-state index in [0.717, 1.165) is 5.39 Å². The van der Waals surface area contributed by atoms with Gasteiger partial charge < -0.3 is 9.47 Å². The minimum absolute atomic E-state index is 0.219. The quantitative estimate of drug-likeness (QED) is 0.798. The van der Waals surface area contributed by atoms with Crippen LogP contribution in [-0.2, 0) is 6.42 Å². The van der Waals surface area contributed by atoms with Crippen LogP contribution in [-0.4, -0.2) is 19.2 Å². The number of hydrogen-bond acceptors (Lipinski definition) is 4. The normalized spacial score (nSPS) is 10.1. The predicted octanol–water partition coefficient (Wildman–Crippen LogP) is 2.97.